The third-order valence-corrected chi connectivity index (χ3v) is 2.33. The molecule has 0 amide bonds. The highest BCUT2D eigenvalue weighted by Crippen LogP contribution is 1.99. The summed E-state index contributed by atoms with van der Waals surface area (Å²) in [6, 6.07) is 0.446. The van der Waals surface area contributed by atoms with Gasteiger partial charge in [-0.3, -0.25) is 0 Å². The first-order valence-corrected chi connectivity index (χ1v) is 5.82. The predicted molar refractivity (Wildman–Crippen MR) is 67.3 cm³/mol. The molecule has 2 N–H and O–H groups in total. The van der Waals surface area contributed by atoms with Crippen LogP contribution in [0.1, 0.15) is 33.4 Å². The van der Waals surface area contributed by atoms with Crippen LogP contribution in [0.15, 0.2) is 12.5 Å². The Hall–Kier alpha value is -0.870. The summed E-state index contributed by atoms with van der Waals surface area (Å²) in [4.78, 5) is 4.28. The van der Waals surface area contributed by atoms with E-state index in [1.165, 1.54) is 0 Å². The van der Waals surface area contributed by atoms with Crippen molar-refractivity contribution in [3.05, 3.63) is 18.2 Å². The highest BCUT2D eigenvalue weighted by molar-refractivity contribution is 4.95. The monoisotopic (exact) mass is 224 g/mol. The summed E-state index contributed by atoms with van der Waals surface area (Å²) in [5.74, 6) is 0. The predicted octanol–water partition coefficient (Wildman–Crippen LogP) is 1.29. The van der Waals surface area contributed by atoms with Crippen LogP contribution < -0.4 is 10.6 Å². The molecule has 0 bridgehead atoms. The van der Waals surface area contributed by atoms with Gasteiger partial charge in [-0.15, -0.1) is 0 Å². The van der Waals surface area contributed by atoms with Crippen molar-refractivity contribution in [2.24, 2.45) is 7.05 Å². The summed E-state index contributed by atoms with van der Waals surface area (Å²) >= 11 is 0. The van der Waals surface area contributed by atoms with Gasteiger partial charge in [-0.05, 0) is 27.7 Å². The molecule has 1 rings (SSSR count). The number of aromatic nitrogens is 2. The lowest BCUT2D eigenvalue weighted by Gasteiger charge is -2.23. The van der Waals surface area contributed by atoms with E-state index in [1.54, 1.807) is 0 Å². The molecule has 1 unspecified atom stereocenters. The Morgan fingerprint density at radius 1 is 1.44 bits per heavy atom. The van der Waals surface area contributed by atoms with Crippen LogP contribution in [0.2, 0.25) is 0 Å². The van der Waals surface area contributed by atoms with E-state index in [0.717, 1.165) is 18.8 Å². The van der Waals surface area contributed by atoms with Gasteiger partial charge in [0.15, 0.2) is 0 Å². The Labute approximate surface area is 98.5 Å². The molecule has 0 aromatic carbocycles. The van der Waals surface area contributed by atoms with Crippen molar-refractivity contribution in [2.45, 2.75) is 45.8 Å². The van der Waals surface area contributed by atoms with Gasteiger partial charge in [-0.1, -0.05) is 0 Å². The number of hydrogen-bond donors (Lipinski definition) is 2. The van der Waals surface area contributed by atoms with E-state index >= 15 is 0 Å². The number of rotatable bonds is 5. The van der Waals surface area contributed by atoms with Crippen molar-refractivity contribution in [3.63, 3.8) is 0 Å². The number of hydrogen-bond acceptors (Lipinski definition) is 3. The van der Waals surface area contributed by atoms with Gasteiger partial charge in [0.05, 0.1) is 12.0 Å². The number of aryl methyl sites for hydroxylation is 1. The van der Waals surface area contributed by atoms with E-state index < -0.39 is 0 Å². The van der Waals surface area contributed by atoms with E-state index in [-0.39, 0.29) is 5.54 Å². The lowest BCUT2D eigenvalue weighted by Crippen LogP contribution is -2.44. The minimum atomic E-state index is 0.181. The molecule has 0 aliphatic heterocycles. The van der Waals surface area contributed by atoms with Gasteiger partial charge >= 0.3 is 0 Å². The SMILES string of the molecule is CC(CNC(C)(C)C)NCc1cn(C)cn1. The Balaban J connectivity index is 2.22. The van der Waals surface area contributed by atoms with Crippen LogP contribution in [0.5, 0.6) is 0 Å². The third-order valence-electron chi connectivity index (χ3n) is 2.33. The van der Waals surface area contributed by atoms with Crippen LogP contribution in [0.3, 0.4) is 0 Å². The molecule has 92 valence electrons. The molecule has 0 radical (unpaired) electrons. The second kappa shape index (κ2) is 5.46. The highest BCUT2D eigenvalue weighted by atomic mass is 15.0. The van der Waals surface area contributed by atoms with Crippen LogP contribution in [-0.4, -0.2) is 27.7 Å². The Bertz CT molecular complexity index is 311. The molecule has 0 saturated heterocycles. The first-order valence-electron chi connectivity index (χ1n) is 5.82. The average molecular weight is 224 g/mol. The molecule has 4 heteroatoms. The zero-order valence-electron chi connectivity index (χ0n) is 11.0. The largest absolute Gasteiger partial charge is 0.340 e. The highest BCUT2D eigenvalue weighted by Gasteiger charge is 2.10. The molecule has 1 aromatic heterocycles. The van der Waals surface area contributed by atoms with Gasteiger partial charge in [0.1, 0.15) is 0 Å². The Morgan fingerprint density at radius 2 is 2.12 bits per heavy atom. The van der Waals surface area contributed by atoms with Gasteiger partial charge in [0.25, 0.3) is 0 Å². The standard InChI is InChI=1S/C12H24N4/c1-10(6-15-12(2,3)4)13-7-11-8-16(5)9-14-11/h8-10,13,15H,6-7H2,1-5H3. The van der Waals surface area contributed by atoms with Crippen molar-refractivity contribution < 1.29 is 0 Å². The molecule has 0 saturated carbocycles. The maximum atomic E-state index is 4.28. The van der Waals surface area contributed by atoms with E-state index in [4.69, 9.17) is 0 Å². The molecule has 1 atom stereocenters. The van der Waals surface area contributed by atoms with E-state index in [0.29, 0.717) is 6.04 Å². The Kier molecular flexibility index (Phi) is 4.50. The summed E-state index contributed by atoms with van der Waals surface area (Å²) in [5, 5.41) is 6.92. The van der Waals surface area contributed by atoms with Crippen LogP contribution >= 0.6 is 0 Å². The lowest BCUT2D eigenvalue weighted by atomic mass is 10.1. The van der Waals surface area contributed by atoms with E-state index in [1.807, 2.05) is 24.1 Å². The number of imidazole rings is 1. The van der Waals surface area contributed by atoms with Crippen LogP contribution in [0.4, 0.5) is 0 Å². The topological polar surface area (TPSA) is 41.9 Å². The normalized spacial score (nSPS) is 14.1. The first kappa shape index (κ1) is 13.2. The molecule has 0 fully saturated rings. The molecular weight excluding hydrogens is 200 g/mol. The summed E-state index contributed by atoms with van der Waals surface area (Å²) in [6.45, 7) is 10.5. The van der Waals surface area contributed by atoms with Crippen LogP contribution in [0.25, 0.3) is 0 Å². The molecule has 0 spiro atoms. The van der Waals surface area contributed by atoms with Crippen molar-refractivity contribution in [1.82, 2.24) is 20.2 Å². The van der Waals surface area contributed by atoms with E-state index in [2.05, 4.69) is 43.3 Å². The van der Waals surface area contributed by atoms with Crippen LogP contribution in [-0.2, 0) is 13.6 Å². The maximum Gasteiger partial charge on any atom is 0.0947 e. The van der Waals surface area contributed by atoms with Gasteiger partial charge in [0, 0.05) is 37.9 Å². The maximum absolute atomic E-state index is 4.28. The minimum absolute atomic E-state index is 0.181. The van der Waals surface area contributed by atoms with Gasteiger partial charge in [-0.25, -0.2) is 4.98 Å². The quantitative estimate of drug-likeness (QED) is 0.792. The molecule has 16 heavy (non-hydrogen) atoms. The fourth-order valence-electron chi connectivity index (χ4n) is 1.37. The summed E-state index contributed by atoms with van der Waals surface area (Å²) in [6.07, 6.45) is 3.87. The van der Waals surface area contributed by atoms with Crippen molar-refractivity contribution >= 4 is 0 Å². The Morgan fingerprint density at radius 3 is 2.62 bits per heavy atom. The van der Waals surface area contributed by atoms with Crippen molar-refractivity contribution in [1.29, 1.82) is 0 Å². The second-order valence-electron chi connectivity index (χ2n) is 5.44. The van der Waals surface area contributed by atoms with Crippen LogP contribution in [0, 0.1) is 0 Å². The molecule has 4 nitrogen and oxygen atoms in total. The lowest BCUT2D eigenvalue weighted by molar-refractivity contribution is 0.387. The number of nitrogens with one attached hydrogen (secondary N) is 2. The average Bonchev–Trinajstić information content (AvgIpc) is 2.57. The summed E-state index contributed by atoms with van der Waals surface area (Å²) in [5.41, 5.74) is 1.27. The van der Waals surface area contributed by atoms with Crippen molar-refractivity contribution in [2.75, 3.05) is 6.54 Å². The summed E-state index contributed by atoms with van der Waals surface area (Å²) < 4.78 is 1.97. The molecule has 0 aliphatic rings. The minimum Gasteiger partial charge on any atom is -0.340 e. The smallest absolute Gasteiger partial charge is 0.0947 e. The fourth-order valence-corrected chi connectivity index (χ4v) is 1.37. The first-order chi connectivity index (χ1) is 7.37. The van der Waals surface area contributed by atoms with E-state index in [9.17, 15) is 0 Å². The molecule has 1 heterocycles. The second-order valence-corrected chi connectivity index (χ2v) is 5.44. The third kappa shape index (κ3) is 5.28. The molecular formula is C12H24N4. The zero-order chi connectivity index (χ0) is 12.2. The van der Waals surface area contributed by atoms with Crippen molar-refractivity contribution in [3.8, 4) is 0 Å². The van der Waals surface area contributed by atoms with Gasteiger partial charge in [0.2, 0.25) is 0 Å². The molecule has 0 aliphatic carbocycles. The molecule has 1 aromatic rings. The number of nitrogens with zero attached hydrogens (tertiary/aromatic N) is 2. The fraction of sp³-hybridized carbons (Fsp3) is 0.750. The summed E-state index contributed by atoms with van der Waals surface area (Å²) in [7, 11) is 1.99. The van der Waals surface area contributed by atoms with Gasteiger partial charge < -0.3 is 15.2 Å². The van der Waals surface area contributed by atoms with Gasteiger partial charge in [-0.2, -0.15) is 0 Å². The zero-order valence-corrected chi connectivity index (χ0v) is 11.0.